The fourth-order valence-corrected chi connectivity index (χ4v) is 3.26. The zero-order chi connectivity index (χ0) is 18.2. The Kier molecular flexibility index (Phi) is 9.22. The Bertz CT molecular complexity index is 706. The van der Waals surface area contributed by atoms with Gasteiger partial charge in [-0.05, 0) is 31.9 Å². The van der Waals surface area contributed by atoms with Crippen molar-refractivity contribution in [2.75, 3.05) is 19.8 Å². The molecule has 6 heteroatoms. The highest BCUT2D eigenvalue weighted by atomic mass is 35.5. The first-order chi connectivity index (χ1) is 12.8. The minimum absolute atomic E-state index is 0. The molecule has 2 aromatic carbocycles. The number of halogens is 2. The van der Waals surface area contributed by atoms with E-state index in [4.69, 9.17) is 25.8 Å². The second kappa shape index (κ2) is 11.4. The summed E-state index contributed by atoms with van der Waals surface area (Å²) in [5, 5.41) is 4.18. The van der Waals surface area contributed by atoms with Crippen molar-refractivity contribution in [2.24, 2.45) is 0 Å². The van der Waals surface area contributed by atoms with Crippen molar-refractivity contribution in [2.45, 2.75) is 39.0 Å². The molecule has 1 N–H and O–H groups in total. The molecule has 0 spiro atoms. The zero-order valence-corrected chi connectivity index (χ0v) is 17.2. The molecular formula is C21H27Cl2NO3. The van der Waals surface area contributed by atoms with Crippen molar-refractivity contribution < 1.29 is 14.2 Å². The zero-order valence-electron chi connectivity index (χ0n) is 15.6. The maximum atomic E-state index is 6.25. The monoisotopic (exact) mass is 411 g/mol. The topological polar surface area (TPSA) is 39.7 Å². The van der Waals surface area contributed by atoms with Crippen molar-refractivity contribution in [1.29, 1.82) is 0 Å². The van der Waals surface area contributed by atoms with Crippen LogP contribution in [-0.2, 0) is 17.9 Å². The molecule has 0 amide bonds. The van der Waals surface area contributed by atoms with Crippen LogP contribution in [0.5, 0.6) is 11.5 Å². The average molecular weight is 412 g/mol. The predicted molar refractivity (Wildman–Crippen MR) is 111 cm³/mol. The third kappa shape index (κ3) is 6.28. The molecule has 0 aromatic heterocycles. The molecule has 1 fully saturated rings. The number of benzene rings is 2. The van der Waals surface area contributed by atoms with E-state index in [-0.39, 0.29) is 12.4 Å². The maximum Gasteiger partial charge on any atom is 0.166 e. The first-order valence-electron chi connectivity index (χ1n) is 9.21. The molecule has 0 bridgehead atoms. The van der Waals surface area contributed by atoms with Gasteiger partial charge in [-0.1, -0.05) is 41.9 Å². The van der Waals surface area contributed by atoms with Crippen molar-refractivity contribution in [1.82, 2.24) is 5.32 Å². The van der Waals surface area contributed by atoms with E-state index in [9.17, 15) is 0 Å². The fourth-order valence-electron chi connectivity index (χ4n) is 3.07. The van der Waals surface area contributed by atoms with Crippen LogP contribution in [0.25, 0.3) is 0 Å². The standard InChI is InChI=1S/C21H26ClNO3.ClH/c1-2-24-20-11-5-8-16(13-23-14-18-9-6-12-25-18)21(20)26-15-17-7-3-4-10-19(17)22;/h3-5,7-8,10-11,18,23H,2,6,9,12-15H2,1H3;1H. The van der Waals surface area contributed by atoms with Gasteiger partial charge in [0.2, 0.25) is 0 Å². The van der Waals surface area contributed by atoms with Crippen LogP contribution in [0.15, 0.2) is 42.5 Å². The summed E-state index contributed by atoms with van der Waals surface area (Å²) < 4.78 is 17.6. The van der Waals surface area contributed by atoms with Crippen LogP contribution in [0.3, 0.4) is 0 Å². The highest BCUT2D eigenvalue weighted by Gasteiger charge is 2.16. The van der Waals surface area contributed by atoms with E-state index in [1.54, 1.807) is 0 Å². The number of para-hydroxylation sites is 1. The molecule has 1 saturated heterocycles. The number of ether oxygens (including phenoxy) is 3. The molecule has 1 atom stereocenters. The van der Waals surface area contributed by atoms with Crippen molar-refractivity contribution in [3.63, 3.8) is 0 Å². The summed E-state index contributed by atoms with van der Waals surface area (Å²) >= 11 is 6.25. The first-order valence-corrected chi connectivity index (χ1v) is 9.59. The van der Waals surface area contributed by atoms with Crippen molar-refractivity contribution in [3.8, 4) is 11.5 Å². The molecule has 1 heterocycles. The van der Waals surface area contributed by atoms with Gasteiger partial charge in [0.15, 0.2) is 11.5 Å². The lowest BCUT2D eigenvalue weighted by molar-refractivity contribution is 0.110. The predicted octanol–water partition coefficient (Wildman–Crippen LogP) is 5.01. The Hall–Kier alpha value is -1.46. The highest BCUT2D eigenvalue weighted by Crippen LogP contribution is 2.32. The number of hydrogen-bond acceptors (Lipinski definition) is 4. The first kappa shape index (κ1) is 21.8. The summed E-state index contributed by atoms with van der Waals surface area (Å²) in [7, 11) is 0. The number of hydrogen-bond donors (Lipinski definition) is 1. The molecule has 1 aliphatic rings. The smallest absolute Gasteiger partial charge is 0.166 e. The third-order valence-electron chi connectivity index (χ3n) is 4.40. The van der Waals surface area contributed by atoms with Gasteiger partial charge in [0, 0.05) is 35.8 Å². The van der Waals surface area contributed by atoms with Gasteiger partial charge in [-0.3, -0.25) is 0 Å². The quantitative estimate of drug-likeness (QED) is 0.629. The van der Waals surface area contributed by atoms with Crippen LogP contribution >= 0.6 is 24.0 Å². The van der Waals surface area contributed by atoms with E-state index in [1.165, 1.54) is 0 Å². The Balaban J connectivity index is 0.00000261. The van der Waals surface area contributed by atoms with Crippen LogP contribution in [0.4, 0.5) is 0 Å². The molecule has 2 aromatic rings. The molecule has 27 heavy (non-hydrogen) atoms. The summed E-state index contributed by atoms with van der Waals surface area (Å²) in [5.41, 5.74) is 2.03. The minimum Gasteiger partial charge on any atom is -0.490 e. The molecule has 3 rings (SSSR count). The van der Waals surface area contributed by atoms with Gasteiger partial charge in [-0.25, -0.2) is 0 Å². The molecule has 1 aliphatic heterocycles. The van der Waals surface area contributed by atoms with Gasteiger partial charge in [0.25, 0.3) is 0 Å². The Labute approximate surface area is 172 Å². The molecule has 148 valence electrons. The van der Waals surface area contributed by atoms with E-state index in [0.29, 0.717) is 30.9 Å². The van der Waals surface area contributed by atoms with E-state index in [2.05, 4.69) is 11.4 Å². The van der Waals surface area contributed by atoms with Crippen LogP contribution in [0.1, 0.15) is 30.9 Å². The molecule has 0 saturated carbocycles. The average Bonchev–Trinajstić information content (AvgIpc) is 3.16. The van der Waals surface area contributed by atoms with Crippen LogP contribution in [0.2, 0.25) is 5.02 Å². The molecule has 0 aliphatic carbocycles. The second-order valence-electron chi connectivity index (χ2n) is 6.32. The van der Waals surface area contributed by atoms with Gasteiger partial charge in [-0.2, -0.15) is 0 Å². The van der Waals surface area contributed by atoms with E-state index in [1.807, 2.05) is 43.3 Å². The Morgan fingerprint density at radius 3 is 2.67 bits per heavy atom. The second-order valence-corrected chi connectivity index (χ2v) is 6.73. The summed E-state index contributed by atoms with van der Waals surface area (Å²) in [4.78, 5) is 0. The van der Waals surface area contributed by atoms with Gasteiger partial charge in [0.05, 0.1) is 12.7 Å². The fraction of sp³-hybridized carbons (Fsp3) is 0.429. The lowest BCUT2D eigenvalue weighted by Gasteiger charge is -2.17. The molecule has 0 radical (unpaired) electrons. The SMILES string of the molecule is CCOc1cccc(CNCC2CCCO2)c1OCc1ccccc1Cl.Cl. The highest BCUT2D eigenvalue weighted by molar-refractivity contribution is 6.31. The van der Waals surface area contributed by atoms with E-state index in [0.717, 1.165) is 48.6 Å². The van der Waals surface area contributed by atoms with Gasteiger partial charge in [-0.15, -0.1) is 12.4 Å². The Morgan fingerprint density at radius 2 is 1.93 bits per heavy atom. The lowest BCUT2D eigenvalue weighted by Crippen LogP contribution is -2.26. The number of nitrogens with one attached hydrogen (secondary N) is 1. The summed E-state index contributed by atoms with van der Waals surface area (Å²) in [6.45, 7) is 5.40. The van der Waals surface area contributed by atoms with Crippen LogP contribution in [0, 0.1) is 0 Å². The number of rotatable bonds is 9. The lowest BCUT2D eigenvalue weighted by atomic mass is 10.1. The third-order valence-corrected chi connectivity index (χ3v) is 4.77. The van der Waals surface area contributed by atoms with Crippen LogP contribution in [-0.4, -0.2) is 25.9 Å². The van der Waals surface area contributed by atoms with Gasteiger partial charge >= 0.3 is 0 Å². The van der Waals surface area contributed by atoms with Crippen LogP contribution < -0.4 is 14.8 Å². The summed E-state index contributed by atoms with van der Waals surface area (Å²) in [6.07, 6.45) is 2.60. The van der Waals surface area contributed by atoms with Crippen molar-refractivity contribution >= 4 is 24.0 Å². The molecule has 4 nitrogen and oxygen atoms in total. The molecular weight excluding hydrogens is 385 g/mol. The van der Waals surface area contributed by atoms with Crippen molar-refractivity contribution in [3.05, 3.63) is 58.6 Å². The normalized spacial score (nSPS) is 16.0. The summed E-state index contributed by atoms with van der Waals surface area (Å²) in [5.74, 6) is 1.53. The van der Waals surface area contributed by atoms with E-state index >= 15 is 0 Å². The van der Waals surface area contributed by atoms with E-state index < -0.39 is 0 Å². The molecule has 1 unspecified atom stereocenters. The largest absolute Gasteiger partial charge is 0.490 e. The van der Waals surface area contributed by atoms with Gasteiger partial charge in [0.1, 0.15) is 6.61 Å². The maximum absolute atomic E-state index is 6.25. The summed E-state index contributed by atoms with van der Waals surface area (Å²) in [6, 6.07) is 13.7. The Morgan fingerprint density at radius 1 is 1.11 bits per heavy atom. The van der Waals surface area contributed by atoms with Gasteiger partial charge < -0.3 is 19.5 Å². The minimum atomic E-state index is 0.